The van der Waals surface area contributed by atoms with E-state index >= 15 is 0 Å². The van der Waals surface area contributed by atoms with E-state index in [2.05, 4.69) is 19.1 Å². The Hall–Kier alpha value is -0.240. The number of hydrogen-bond donors (Lipinski definition) is 0. The van der Waals surface area contributed by atoms with Crippen molar-refractivity contribution in [2.24, 2.45) is 0 Å². The third-order valence-corrected chi connectivity index (χ3v) is 9.31. The number of unbranched alkanes of at least 4 members (excludes halogenated alkanes) is 17. The topological polar surface area (TPSA) is 40.1 Å². The standard InChI is InChI=1S/C29H59NO2P/c1-6-8-9-10-11-12-13-14-15-16-17-18-19-20-21-22-23-24-25-26-27-28-29(7-2,33(31)32)30(3,4)5/h23-24H,6-22,25-28H2,1-5H3/q+1/b24-23-. The minimum Gasteiger partial charge on any atom is -0.590 e. The van der Waals surface area contributed by atoms with Gasteiger partial charge in [-0.25, -0.2) is 0 Å². The van der Waals surface area contributed by atoms with E-state index in [-0.39, 0.29) is 0 Å². The highest BCUT2D eigenvalue weighted by molar-refractivity contribution is 7.38. The van der Waals surface area contributed by atoms with E-state index in [1.54, 1.807) is 0 Å². The lowest BCUT2D eigenvalue weighted by molar-refractivity contribution is -0.910. The summed E-state index contributed by atoms with van der Waals surface area (Å²) in [4.78, 5) is 11.9. The van der Waals surface area contributed by atoms with Crippen LogP contribution >= 0.6 is 8.03 Å². The molecule has 2 atom stereocenters. The normalized spacial score (nSPS) is 14.7. The molecule has 196 valence electrons. The van der Waals surface area contributed by atoms with Gasteiger partial charge in [-0.1, -0.05) is 120 Å². The summed E-state index contributed by atoms with van der Waals surface area (Å²) in [5.74, 6) is 0. The maximum absolute atomic E-state index is 11.9. The second-order valence-electron chi connectivity index (χ2n) is 11.1. The first-order valence-electron chi connectivity index (χ1n) is 14.4. The van der Waals surface area contributed by atoms with Crippen LogP contribution in [0.1, 0.15) is 149 Å². The third kappa shape index (κ3) is 16.1. The summed E-state index contributed by atoms with van der Waals surface area (Å²) in [6.45, 7) is 4.29. The highest BCUT2D eigenvalue weighted by Gasteiger charge is 2.52. The highest BCUT2D eigenvalue weighted by atomic mass is 31.1. The molecule has 0 radical (unpaired) electrons. The molecule has 0 fully saturated rings. The molecule has 0 aromatic rings. The Balaban J connectivity index is 3.51. The van der Waals surface area contributed by atoms with Crippen LogP contribution in [0.4, 0.5) is 0 Å². The lowest BCUT2D eigenvalue weighted by Gasteiger charge is -2.39. The first kappa shape index (κ1) is 32.8. The molecule has 3 nitrogen and oxygen atoms in total. The summed E-state index contributed by atoms with van der Waals surface area (Å²) >= 11 is 0. The molecule has 0 bridgehead atoms. The van der Waals surface area contributed by atoms with Crippen molar-refractivity contribution in [3.05, 3.63) is 12.2 Å². The first-order chi connectivity index (χ1) is 15.8. The van der Waals surface area contributed by atoms with Crippen molar-refractivity contribution in [2.75, 3.05) is 21.1 Å². The van der Waals surface area contributed by atoms with E-state index < -0.39 is 13.3 Å². The van der Waals surface area contributed by atoms with Crippen molar-refractivity contribution >= 4 is 8.03 Å². The number of quaternary nitrogens is 1. The van der Waals surface area contributed by atoms with Gasteiger partial charge in [0.2, 0.25) is 0 Å². The van der Waals surface area contributed by atoms with Gasteiger partial charge < -0.3 is 4.89 Å². The van der Waals surface area contributed by atoms with E-state index in [0.717, 1.165) is 25.7 Å². The summed E-state index contributed by atoms with van der Waals surface area (Å²) in [5.41, 5.74) is 0. The molecule has 4 heteroatoms. The first-order valence-corrected chi connectivity index (χ1v) is 15.6. The molecule has 0 heterocycles. The predicted molar refractivity (Wildman–Crippen MR) is 146 cm³/mol. The quantitative estimate of drug-likeness (QED) is 0.0592. The zero-order valence-electron chi connectivity index (χ0n) is 23.2. The minimum absolute atomic E-state index is 0.497. The van der Waals surface area contributed by atoms with Gasteiger partial charge in [0.25, 0.3) is 5.28 Å². The summed E-state index contributed by atoms with van der Waals surface area (Å²) in [6, 6.07) is 0. The van der Waals surface area contributed by atoms with Gasteiger partial charge in [0.15, 0.2) is 0 Å². The number of rotatable bonds is 24. The van der Waals surface area contributed by atoms with E-state index in [9.17, 15) is 9.46 Å². The predicted octanol–water partition coefficient (Wildman–Crippen LogP) is 9.28. The van der Waals surface area contributed by atoms with Gasteiger partial charge in [-0.05, 0) is 32.1 Å². The largest absolute Gasteiger partial charge is 0.590 e. The number of hydrogen-bond acceptors (Lipinski definition) is 2. The van der Waals surface area contributed by atoms with E-state index in [1.807, 2.05) is 28.1 Å². The molecular weight excluding hydrogens is 425 g/mol. The van der Waals surface area contributed by atoms with Gasteiger partial charge in [-0.3, -0.25) is 4.48 Å². The van der Waals surface area contributed by atoms with Crippen LogP contribution in [0.15, 0.2) is 12.2 Å². The second kappa shape index (κ2) is 21.1. The fourth-order valence-corrected chi connectivity index (χ4v) is 6.08. The van der Waals surface area contributed by atoms with Crippen molar-refractivity contribution in [3.63, 3.8) is 0 Å². The maximum Gasteiger partial charge on any atom is 0.376 e. The Morgan fingerprint density at radius 2 is 1.00 bits per heavy atom. The van der Waals surface area contributed by atoms with Crippen molar-refractivity contribution < 1.29 is 13.9 Å². The zero-order valence-corrected chi connectivity index (χ0v) is 24.1. The maximum atomic E-state index is 11.9. The van der Waals surface area contributed by atoms with Crippen LogP contribution in [0, 0.1) is 0 Å². The van der Waals surface area contributed by atoms with Crippen LogP contribution < -0.4 is 4.89 Å². The van der Waals surface area contributed by atoms with Crippen molar-refractivity contribution in [3.8, 4) is 0 Å². The molecule has 0 N–H and O–H groups in total. The van der Waals surface area contributed by atoms with Crippen molar-refractivity contribution in [1.82, 2.24) is 0 Å². The molecule has 0 amide bonds. The van der Waals surface area contributed by atoms with E-state index in [0.29, 0.717) is 10.9 Å². The summed E-state index contributed by atoms with van der Waals surface area (Å²) in [5, 5.41) is -0.618. The highest BCUT2D eigenvalue weighted by Crippen LogP contribution is 2.44. The van der Waals surface area contributed by atoms with Crippen LogP contribution in [0.3, 0.4) is 0 Å². The van der Waals surface area contributed by atoms with Crippen LogP contribution in [0.25, 0.3) is 0 Å². The van der Waals surface area contributed by atoms with Gasteiger partial charge >= 0.3 is 8.03 Å². The van der Waals surface area contributed by atoms with Crippen LogP contribution in [0.5, 0.6) is 0 Å². The molecule has 0 spiro atoms. The average Bonchev–Trinajstić information content (AvgIpc) is 2.76. The van der Waals surface area contributed by atoms with Gasteiger partial charge in [0.1, 0.15) is 0 Å². The molecule has 0 saturated carbocycles. The summed E-state index contributed by atoms with van der Waals surface area (Å²) in [6.07, 6.45) is 31.7. The van der Waals surface area contributed by atoms with Gasteiger partial charge in [0.05, 0.1) is 21.1 Å². The second-order valence-corrected chi connectivity index (χ2v) is 12.4. The molecule has 0 saturated heterocycles. The van der Waals surface area contributed by atoms with Crippen LogP contribution in [0.2, 0.25) is 0 Å². The minimum atomic E-state index is -2.43. The Morgan fingerprint density at radius 1 is 0.636 bits per heavy atom. The molecule has 33 heavy (non-hydrogen) atoms. The zero-order chi connectivity index (χ0) is 24.8. The van der Waals surface area contributed by atoms with Crippen molar-refractivity contribution in [1.29, 1.82) is 0 Å². The smallest absolute Gasteiger partial charge is 0.376 e. The molecule has 0 aromatic heterocycles. The molecule has 0 aliphatic rings. The average molecular weight is 485 g/mol. The van der Waals surface area contributed by atoms with E-state index in [4.69, 9.17) is 0 Å². The third-order valence-electron chi connectivity index (χ3n) is 7.49. The van der Waals surface area contributed by atoms with E-state index in [1.165, 1.54) is 103 Å². The fourth-order valence-electron chi connectivity index (χ4n) is 4.99. The SMILES string of the molecule is CCCCCCCCCCCCCCCCC/C=C\CCCCC(CC)([P+](=O)[O-])[N+](C)(C)C. The summed E-state index contributed by atoms with van der Waals surface area (Å²) < 4.78 is 12.4. The molecule has 2 unspecified atom stereocenters. The Morgan fingerprint density at radius 3 is 1.33 bits per heavy atom. The molecule has 0 aliphatic heterocycles. The molecule has 0 aliphatic carbocycles. The molecular formula is C29H59NO2P+. The van der Waals surface area contributed by atoms with Crippen molar-refractivity contribution in [2.45, 2.75) is 154 Å². The molecule has 0 rings (SSSR count). The fraction of sp³-hybridized carbons (Fsp3) is 0.931. The van der Waals surface area contributed by atoms with Gasteiger partial charge in [-0.15, -0.1) is 0 Å². The Labute approximate surface area is 209 Å². The Kier molecular flexibility index (Phi) is 20.9. The van der Waals surface area contributed by atoms with Gasteiger partial charge in [0, 0.05) is 12.8 Å². The lowest BCUT2D eigenvalue weighted by atomic mass is 10.0. The number of nitrogens with zero attached hydrogens (tertiary/aromatic N) is 1. The monoisotopic (exact) mass is 484 g/mol. The molecule has 0 aromatic carbocycles. The Bertz CT molecular complexity index is 487. The number of allylic oxidation sites excluding steroid dienone is 2. The van der Waals surface area contributed by atoms with Crippen LogP contribution in [-0.4, -0.2) is 30.9 Å². The lowest BCUT2D eigenvalue weighted by Crippen LogP contribution is -2.55. The summed E-state index contributed by atoms with van der Waals surface area (Å²) in [7, 11) is 3.59. The van der Waals surface area contributed by atoms with Crippen LogP contribution in [-0.2, 0) is 4.57 Å². The van der Waals surface area contributed by atoms with Gasteiger partial charge in [-0.2, -0.15) is 0 Å².